The van der Waals surface area contributed by atoms with E-state index < -0.39 is 11.6 Å². The minimum atomic E-state index is -0.488. The van der Waals surface area contributed by atoms with E-state index in [9.17, 15) is 8.78 Å². The van der Waals surface area contributed by atoms with Crippen LogP contribution in [0.3, 0.4) is 0 Å². The molecule has 0 spiro atoms. The number of hydrogen-bond acceptors (Lipinski definition) is 2. The van der Waals surface area contributed by atoms with Crippen molar-refractivity contribution in [2.45, 2.75) is 25.3 Å². The lowest BCUT2D eigenvalue weighted by Gasteiger charge is -2.24. The molecule has 20 heavy (non-hydrogen) atoms. The number of halogens is 3. The first-order valence-electron chi connectivity index (χ1n) is 6.57. The van der Waals surface area contributed by atoms with Gasteiger partial charge in [0.05, 0.1) is 28.4 Å². The van der Waals surface area contributed by atoms with E-state index in [0.717, 1.165) is 37.6 Å². The average Bonchev–Trinajstić information content (AvgIpc) is 2.93. The number of rotatable bonds is 2. The van der Waals surface area contributed by atoms with Gasteiger partial charge in [0.25, 0.3) is 0 Å². The summed E-state index contributed by atoms with van der Waals surface area (Å²) in [6, 6.07) is 2.47. The van der Waals surface area contributed by atoms with Crippen molar-refractivity contribution in [3.05, 3.63) is 46.5 Å². The molecule has 1 atom stereocenters. The highest BCUT2D eigenvalue weighted by Gasteiger charge is 2.21. The Morgan fingerprint density at radius 3 is 2.85 bits per heavy atom. The predicted octanol–water partition coefficient (Wildman–Crippen LogP) is 3.73. The summed E-state index contributed by atoms with van der Waals surface area (Å²) in [7, 11) is 0. The Hall–Kier alpha value is -1.27. The molecular formula is C14H14BrF2N3. The lowest BCUT2D eigenvalue weighted by molar-refractivity contribution is 0.401. The average molecular weight is 342 g/mol. The van der Waals surface area contributed by atoms with Crippen LogP contribution in [0.25, 0.3) is 5.69 Å². The van der Waals surface area contributed by atoms with Crippen LogP contribution in [-0.4, -0.2) is 16.1 Å². The van der Waals surface area contributed by atoms with Crippen molar-refractivity contribution in [2.75, 3.05) is 6.54 Å². The van der Waals surface area contributed by atoms with Crippen LogP contribution in [0, 0.1) is 11.6 Å². The van der Waals surface area contributed by atoms with Crippen LogP contribution in [0.4, 0.5) is 8.78 Å². The predicted molar refractivity (Wildman–Crippen MR) is 75.8 cm³/mol. The minimum Gasteiger partial charge on any atom is -0.309 e. The van der Waals surface area contributed by atoms with Crippen molar-refractivity contribution in [2.24, 2.45) is 0 Å². The molecule has 1 aromatic carbocycles. The maximum absolute atomic E-state index is 14.1. The Bertz CT molecular complexity index is 621. The first kappa shape index (κ1) is 13.7. The number of piperidine rings is 1. The van der Waals surface area contributed by atoms with E-state index in [4.69, 9.17) is 0 Å². The third kappa shape index (κ3) is 2.50. The fourth-order valence-corrected chi connectivity index (χ4v) is 2.88. The summed E-state index contributed by atoms with van der Waals surface area (Å²) in [5, 5.41) is 3.39. The topological polar surface area (TPSA) is 29.9 Å². The van der Waals surface area contributed by atoms with Gasteiger partial charge in [-0.1, -0.05) is 6.42 Å². The van der Waals surface area contributed by atoms with Crippen LogP contribution >= 0.6 is 15.9 Å². The standard InChI is InChI=1S/C14H14BrF2N3/c15-9-5-11(17)13(6-10(9)16)20-8-18-7-14(20)12-3-1-2-4-19-12/h5-8,12,19H,1-4H2. The maximum atomic E-state index is 14.1. The van der Waals surface area contributed by atoms with Gasteiger partial charge in [0.1, 0.15) is 11.6 Å². The van der Waals surface area contributed by atoms with Gasteiger partial charge in [0, 0.05) is 12.1 Å². The molecule has 0 radical (unpaired) electrons. The molecule has 0 bridgehead atoms. The lowest BCUT2D eigenvalue weighted by atomic mass is 10.0. The van der Waals surface area contributed by atoms with Gasteiger partial charge in [-0.2, -0.15) is 0 Å². The Balaban J connectivity index is 2.03. The molecule has 1 fully saturated rings. The SMILES string of the molecule is Fc1cc(-n2cncc2C2CCCCN2)c(F)cc1Br. The molecule has 1 aliphatic heterocycles. The monoisotopic (exact) mass is 341 g/mol. The van der Waals surface area contributed by atoms with Crippen LogP contribution in [0.2, 0.25) is 0 Å². The minimum absolute atomic E-state index is 0.121. The highest BCUT2D eigenvalue weighted by molar-refractivity contribution is 9.10. The van der Waals surface area contributed by atoms with E-state index in [2.05, 4.69) is 26.2 Å². The van der Waals surface area contributed by atoms with E-state index in [1.165, 1.54) is 12.4 Å². The van der Waals surface area contributed by atoms with Gasteiger partial charge in [-0.15, -0.1) is 0 Å². The molecule has 1 N–H and O–H groups in total. The van der Waals surface area contributed by atoms with Gasteiger partial charge in [-0.05, 0) is 41.4 Å². The van der Waals surface area contributed by atoms with Crippen molar-refractivity contribution in [1.82, 2.24) is 14.9 Å². The Kier molecular flexibility index (Phi) is 3.85. The lowest BCUT2D eigenvalue weighted by Crippen LogP contribution is -2.28. The second-order valence-electron chi connectivity index (χ2n) is 4.91. The van der Waals surface area contributed by atoms with E-state index in [1.807, 2.05) is 0 Å². The van der Waals surface area contributed by atoms with Gasteiger partial charge in [0.15, 0.2) is 0 Å². The second-order valence-corrected chi connectivity index (χ2v) is 5.76. The number of nitrogens with one attached hydrogen (secondary N) is 1. The van der Waals surface area contributed by atoms with Crippen molar-refractivity contribution in [1.29, 1.82) is 0 Å². The van der Waals surface area contributed by atoms with Gasteiger partial charge in [-0.3, -0.25) is 4.57 Å². The van der Waals surface area contributed by atoms with Gasteiger partial charge < -0.3 is 5.32 Å². The molecule has 0 aliphatic carbocycles. The quantitative estimate of drug-likeness (QED) is 0.843. The molecule has 1 aromatic heterocycles. The number of imidazole rings is 1. The maximum Gasteiger partial charge on any atom is 0.148 e. The molecule has 3 nitrogen and oxygen atoms in total. The van der Waals surface area contributed by atoms with E-state index in [-0.39, 0.29) is 16.2 Å². The highest BCUT2D eigenvalue weighted by Crippen LogP contribution is 2.28. The van der Waals surface area contributed by atoms with E-state index >= 15 is 0 Å². The molecule has 3 rings (SSSR count). The molecule has 2 aromatic rings. The van der Waals surface area contributed by atoms with E-state index in [0.29, 0.717) is 0 Å². The Morgan fingerprint density at radius 1 is 1.25 bits per heavy atom. The molecular weight excluding hydrogens is 328 g/mol. The third-order valence-corrected chi connectivity index (χ3v) is 4.19. The Morgan fingerprint density at radius 2 is 2.10 bits per heavy atom. The number of benzene rings is 1. The van der Waals surface area contributed by atoms with Crippen molar-refractivity contribution < 1.29 is 8.78 Å². The molecule has 0 amide bonds. The molecule has 2 heterocycles. The molecule has 1 unspecified atom stereocenters. The fourth-order valence-electron chi connectivity index (χ4n) is 2.57. The molecule has 1 aliphatic rings. The van der Waals surface area contributed by atoms with Gasteiger partial charge >= 0.3 is 0 Å². The zero-order valence-corrected chi connectivity index (χ0v) is 12.3. The first-order chi connectivity index (χ1) is 9.66. The summed E-state index contributed by atoms with van der Waals surface area (Å²) in [5.41, 5.74) is 1.05. The number of nitrogens with zero attached hydrogens (tertiary/aromatic N) is 2. The van der Waals surface area contributed by atoms with E-state index in [1.54, 1.807) is 10.8 Å². The summed E-state index contributed by atoms with van der Waals surface area (Å²) >= 11 is 2.99. The second kappa shape index (κ2) is 5.61. The van der Waals surface area contributed by atoms with Gasteiger partial charge in [0.2, 0.25) is 0 Å². The third-order valence-electron chi connectivity index (χ3n) is 3.58. The van der Waals surface area contributed by atoms with Crippen LogP contribution in [-0.2, 0) is 0 Å². The van der Waals surface area contributed by atoms with Crippen molar-refractivity contribution in [3.63, 3.8) is 0 Å². The zero-order valence-electron chi connectivity index (χ0n) is 10.7. The zero-order chi connectivity index (χ0) is 14.1. The molecule has 0 saturated carbocycles. The number of aromatic nitrogens is 2. The van der Waals surface area contributed by atoms with Crippen molar-refractivity contribution in [3.8, 4) is 5.69 Å². The largest absolute Gasteiger partial charge is 0.309 e. The normalized spacial score (nSPS) is 19.2. The van der Waals surface area contributed by atoms with Crippen LogP contribution < -0.4 is 5.32 Å². The summed E-state index contributed by atoms with van der Waals surface area (Å²) in [6.45, 7) is 0.938. The smallest absolute Gasteiger partial charge is 0.148 e. The summed E-state index contributed by atoms with van der Waals surface area (Å²) < 4.78 is 29.5. The summed E-state index contributed by atoms with van der Waals surface area (Å²) in [6.07, 6.45) is 6.48. The first-order valence-corrected chi connectivity index (χ1v) is 7.36. The summed E-state index contributed by atoms with van der Waals surface area (Å²) in [5.74, 6) is -0.967. The Labute approximate surface area is 124 Å². The van der Waals surface area contributed by atoms with Crippen LogP contribution in [0.5, 0.6) is 0 Å². The highest BCUT2D eigenvalue weighted by atomic mass is 79.9. The molecule has 1 saturated heterocycles. The van der Waals surface area contributed by atoms with Crippen LogP contribution in [0.1, 0.15) is 31.0 Å². The summed E-state index contributed by atoms with van der Waals surface area (Å²) in [4.78, 5) is 4.09. The van der Waals surface area contributed by atoms with Crippen LogP contribution in [0.15, 0.2) is 29.1 Å². The van der Waals surface area contributed by atoms with Crippen molar-refractivity contribution >= 4 is 15.9 Å². The molecule has 106 valence electrons. The van der Waals surface area contributed by atoms with Gasteiger partial charge in [-0.25, -0.2) is 13.8 Å². The fraction of sp³-hybridized carbons (Fsp3) is 0.357. The number of hydrogen-bond donors (Lipinski definition) is 1. The molecule has 6 heteroatoms.